The van der Waals surface area contributed by atoms with Crippen LogP contribution in [0.15, 0.2) is 53.1 Å². The number of carbonyl (C=O) groups is 2. The maximum Gasteiger partial charge on any atom is 0.358 e. The van der Waals surface area contributed by atoms with E-state index in [0.29, 0.717) is 25.9 Å². The molecule has 4 rings (SSSR count). The molecule has 1 amide bonds. The van der Waals surface area contributed by atoms with Crippen LogP contribution in [0.1, 0.15) is 35.1 Å². The van der Waals surface area contributed by atoms with Crippen LogP contribution in [0.25, 0.3) is 11.3 Å². The van der Waals surface area contributed by atoms with Crippen molar-refractivity contribution in [1.82, 2.24) is 19.9 Å². The third-order valence-electron chi connectivity index (χ3n) is 4.92. The lowest BCUT2D eigenvalue weighted by molar-refractivity contribution is -0.130. The van der Waals surface area contributed by atoms with Gasteiger partial charge < -0.3 is 14.4 Å². The monoisotopic (exact) mass is 380 g/mol. The number of benzene rings is 1. The molecular formula is C20H20N4O4. The maximum absolute atomic E-state index is 12.5. The van der Waals surface area contributed by atoms with Crippen molar-refractivity contribution < 1.29 is 19.1 Å². The highest BCUT2D eigenvalue weighted by Crippen LogP contribution is 2.24. The van der Waals surface area contributed by atoms with Crippen LogP contribution in [-0.2, 0) is 11.2 Å². The van der Waals surface area contributed by atoms with E-state index in [0.717, 1.165) is 23.5 Å². The van der Waals surface area contributed by atoms with Crippen molar-refractivity contribution in [3.05, 3.63) is 60.1 Å². The summed E-state index contributed by atoms with van der Waals surface area (Å²) >= 11 is 0. The van der Waals surface area contributed by atoms with Crippen LogP contribution in [-0.4, -0.2) is 50.0 Å². The Morgan fingerprint density at radius 2 is 2.00 bits per heavy atom. The molecule has 3 heterocycles. The molecule has 28 heavy (non-hydrogen) atoms. The van der Waals surface area contributed by atoms with Gasteiger partial charge in [-0.3, -0.25) is 4.79 Å². The molecule has 0 aliphatic carbocycles. The molecule has 8 nitrogen and oxygen atoms in total. The summed E-state index contributed by atoms with van der Waals surface area (Å²) in [7, 11) is 0. The van der Waals surface area contributed by atoms with Gasteiger partial charge >= 0.3 is 5.97 Å². The Morgan fingerprint density at radius 3 is 2.75 bits per heavy atom. The summed E-state index contributed by atoms with van der Waals surface area (Å²) in [6.07, 6.45) is 3.05. The standard InChI is InChI=1S/C20H20N4O4/c25-19(9-7-16-6-8-18(28-16)14-4-2-1-3-5-14)23-11-10-15(12-23)24-13-17(20(26)27)21-22-24/h1-6,8,13,15H,7,9-12H2,(H,26,27). The number of furan rings is 1. The fourth-order valence-electron chi connectivity index (χ4n) is 3.40. The molecule has 1 aliphatic heterocycles. The summed E-state index contributed by atoms with van der Waals surface area (Å²) < 4.78 is 7.39. The number of likely N-dealkylation sites (tertiary alicyclic amines) is 1. The highest BCUT2D eigenvalue weighted by atomic mass is 16.4. The van der Waals surface area contributed by atoms with Crippen molar-refractivity contribution in [1.29, 1.82) is 0 Å². The predicted octanol–water partition coefficient (Wildman–Crippen LogP) is 2.64. The lowest BCUT2D eigenvalue weighted by Crippen LogP contribution is -2.29. The Morgan fingerprint density at radius 1 is 1.18 bits per heavy atom. The van der Waals surface area contributed by atoms with Gasteiger partial charge in [-0.05, 0) is 18.6 Å². The molecular weight excluding hydrogens is 360 g/mol. The minimum absolute atomic E-state index is 0.0437. The third-order valence-corrected chi connectivity index (χ3v) is 4.92. The minimum Gasteiger partial charge on any atom is -0.476 e. The number of nitrogens with zero attached hydrogens (tertiary/aromatic N) is 4. The van der Waals surface area contributed by atoms with E-state index in [4.69, 9.17) is 9.52 Å². The SMILES string of the molecule is O=C(O)c1cn(C2CCN(C(=O)CCc3ccc(-c4ccccc4)o3)C2)nn1. The number of hydrogen-bond donors (Lipinski definition) is 1. The summed E-state index contributed by atoms with van der Waals surface area (Å²) in [5, 5.41) is 16.4. The zero-order chi connectivity index (χ0) is 19.5. The zero-order valence-electron chi connectivity index (χ0n) is 15.2. The average molecular weight is 380 g/mol. The second kappa shape index (κ2) is 7.67. The van der Waals surface area contributed by atoms with Gasteiger partial charge in [-0.2, -0.15) is 0 Å². The Kier molecular flexibility index (Phi) is 4.92. The quantitative estimate of drug-likeness (QED) is 0.705. The van der Waals surface area contributed by atoms with E-state index in [1.807, 2.05) is 42.5 Å². The van der Waals surface area contributed by atoms with Crippen molar-refractivity contribution >= 4 is 11.9 Å². The lowest BCUT2D eigenvalue weighted by Gasteiger charge is -2.16. The van der Waals surface area contributed by atoms with Crippen molar-refractivity contribution in [2.45, 2.75) is 25.3 Å². The van der Waals surface area contributed by atoms with Gasteiger partial charge in [0.15, 0.2) is 5.69 Å². The highest BCUT2D eigenvalue weighted by Gasteiger charge is 2.28. The minimum atomic E-state index is -1.11. The maximum atomic E-state index is 12.5. The van der Waals surface area contributed by atoms with E-state index in [1.165, 1.54) is 10.9 Å². The van der Waals surface area contributed by atoms with E-state index < -0.39 is 5.97 Å². The fraction of sp³-hybridized carbons (Fsp3) is 0.300. The van der Waals surface area contributed by atoms with Crippen LogP contribution in [0, 0.1) is 0 Å². The molecule has 8 heteroatoms. The third kappa shape index (κ3) is 3.80. The number of carbonyl (C=O) groups excluding carboxylic acids is 1. The molecule has 1 unspecified atom stereocenters. The largest absolute Gasteiger partial charge is 0.476 e. The van der Waals surface area contributed by atoms with Crippen molar-refractivity contribution in [3.8, 4) is 11.3 Å². The molecule has 0 radical (unpaired) electrons. The van der Waals surface area contributed by atoms with E-state index in [-0.39, 0.29) is 17.6 Å². The van der Waals surface area contributed by atoms with Gasteiger partial charge in [0.25, 0.3) is 0 Å². The number of aryl methyl sites for hydroxylation is 1. The van der Waals surface area contributed by atoms with Gasteiger partial charge in [0.1, 0.15) is 11.5 Å². The van der Waals surface area contributed by atoms with E-state index in [2.05, 4.69) is 10.3 Å². The molecule has 1 aliphatic rings. The Hall–Kier alpha value is -3.42. The summed E-state index contributed by atoms with van der Waals surface area (Å²) in [6, 6.07) is 13.6. The normalized spacial score (nSPS) is 16.4. The van der Waals surface area contributed by atoms with Crippen molar-refractivity contribution in [2.75, 3.05) is 13.1 Å². The first kappa shape index (κ1) is 18.0. The number of carboxylic acid groups (broad SMARTS) is 1. The molecule has 0 bridgehead atoms. The lowest BCUT2D eigenvalue weighted by atomic mass is 10.2. The molecule has 3 aromatic rings. The van der Waals surface area contributed by atoms with Gasteiger partial charge in [0.2, 0.25) is 5.91 Å². The number of amides is 1. The number of rotatable bonds is 6. The van der Waals surface area contributed by atoms with Crippen molar-refractivity contribution in [3.63, 3.8) is 0 Å². The highest BCUT2D eigenvalue weighted by molar-refractivity contribution is 5.84. The molecule has 1 aromatic carbocycles. The molecule has 1 saturated heterocycles. The Balaban J connectivity index is 1.31. The second-order valence-electron chi connectivity index (χ2n) is 6.80. The van der Waals surface area contributed by atoms with Crippen LogP contribution in [0.5, 0.6) is 0 Å². The van der Waals surface area contributed by atoms with Crippen LogP contribution in [0.4, 0.5) is 0 Å². The Labute approximate surface area is 161 Å². The summed E-state index contributed by atoms with van der Waals surface area (Å²) in [5.41, 5.74) is 0.924. The first-order valence-electron chi connectivity index (χ1n) is 9.17. The number of hydrogen-bond acceptors (Lipinski definition) is 5. The number of carboxylic acids is 1. The zero-order valence-corrected chi connectivity index (χ0v) is 15.2. The number of aromatic nitrogens is 3. The first-order chi connectivity index (χ1) is 13.6. The molecule has 1 atom stereocenters. The molecule has 144 valence electrons. The smallest absolute Gasteiger partial charge is 0.358 e. The molecule has 0 spiro atoms. The first-order valence-corrected chi connectivity index (χ1v) is 9.17. The van der Waals surface area contributed by atoms with Gasteiger partial charge in [0.05, 0.1) is 12.2 Å². The van der Waals surface area contributed by atoms with Crippen LogP contribution >= 0.6 is 0 Å². The number of aromatic carboxylic acids is 1. The predicted molar refractivity (Wildman–Crippen MR) is 99.7 cm³/mol. The van der Waals surface area contributed by atoms with Crippen LogP contribution in [0.3, 0.4) is 0 Å². The molecule has 2 aromatic heterocycles. The summed E-state index contributed by atoms with van der Waals surface area (Å²) in [5.74, 6) is 0.527. The Bertz CT molecular complexity index is 979. The van der Waals surface area contributed by atoms with E-state index in [9.17, 15) is 9.59 Å². The average Bonchev–Trinajstić information content (AvgIpc) is 3.47. The summed E-state index contributed by atoms with van der Waals surface area (Å²) in [4.78, 5) is 25.2. The molecule has 1 fully saturated rings. The summed E-state index contributed by atoms with van der Waals surface area (Å²) in [6.45, 7) is 1.13. The van der Waals surface area contributed by atoms with Crippen molar-refractivity contribution in [2.24, 2.45) is 0 Å². The van der Waals surface area contributed by atoms with Crippen LogP contribution < -0.4 is 0 Å². The van der Waals surface area contributed by atoms with E-state index >= 15 is 0 Å². The van der Waals surface area contributed by atoms with E-state index in [1.54, 1.807) is 4.90 Å². The molecule has 1 N–H and O–H groups in total. The second-order valence-corrected chi connectivity index (χ2v) is 6.80. The topological polar surface area (TPSA) is 101 Å². The van der Waals surface area contributed by atoms with Crippen LogP contribution in [0.2, 0.25) is 0 Å². The van der Waals surface area contributed by atoms with Gasteiger partial charge in [0, 0.05) is 31.5 Å². The van der Waals surface area contributed by atoms with Gasteiger partial charge in [-0.1, -0.05) is 35.5 Å². The molecule has 0 saturated carbocycles. The van der Waals surface area contributed by atoms with Gasteiger partial charge in [-0.25, -0.2) is 9.48 Å². The van der Waals surface area contributed by atoms with Gasteiger partial charge in [-0.15, -0.1) is 5.10 Å². The fourth-order valence-corrected chi connectivity index (χ4v) is 3.40.